The molecule has 0 unspecified atom stereocenters. The minimum atomic E-state index is 0.0411. The Morgan fingerprint density at radius 1 is 1.47 bits per heavy atom. The molecule has 1 aliphatic rings. The van der Waals surface area contributed by atoms with Gasteiger partial charge < -0.3 is 4.90 Å². The fraction of sp³-hybridized carbons (Fsp3) is 0.357. The van der Waals surface area contributed by atoms with Crippen LogP contribution in [0.5, 0.6) is 0 Å². The first kappa shape index (κ1) is 11.9. The highest BCUT2D eigenvalue weighted by Crippen LogP contribution is 2.29. The van der Waals surface area contributed by atoms with Crippen molar-refractivity contribution in [2.45, 2.75) is 32.4 Å². The smallest absolute Gasteiger partial charge is 0.257 e. The number of hydrogen-bond donors (Lipinski definition) is 1. The molecule has 1 saturated carbocycles. The average Bonchev–Trinajstić information content (AvgIpc) is 3.18. The second-order valence-corrected chi connectivity index (χ2v) is 4.89. The zero-order valence-corrected chi connectivity index (χ0v) is 10.8. The maximum Gasteiger partial charge on any atom is 0.257 e. The van der Waals surface area contributed by atoms with Crippen molar-refractivity contribution in [1.82, 2.24) is 20.1 Å². The summed E-state index contributed by atoms with van der Waals surface area (Å²) in [6, 6.07) is 6.13. The number of amides is 1. The van der Waals surface area contributed by atoms with Gasteiger partial charge in [0, 0.05) is 17.9 Å². The van der Waals surface area contributed by atoms with Crippen molar-refractivity contribution in [2.24, 2.45) is 0 Å². The lowest BCUT2D eigenvalue weighted by Crippen LogP contribution is -2.33. The number of pyridine rings is 1. The summed E-state index contributed by atoms with van der Waals surface area (Å²) >= 11 is 0. The van der Waals surface area contributed by atoms with E-state index >= 15 is 0 Å². The van der Waals surface area contributed by atoms with Crippen LogP contribution in [0.1, 0.15) is 34.6 Å². The van der Waals surface area contributed by atoms with Gasteiger partial charge in [-0.1, -0.05) is 6.07 Å². The van der Waals surface area contributed by atoms with E-state index in [0.29, 0.717) is 18.2 Å². The molecule has 98 valence electrons. The number of aromatic amines is 1. The molecule has 2 aromatic heterocycles. The molecule has 0 atom stereocenters. The van der Waals surface area contributed by atoms with Gasteiger partial charge >= 0.3 is 0 Å². The standard InChI is InChI=1S/C14H16N4O/c1-10-13(8-16-17-10)14(19)18(12-5-6-12)9-11-4-2-3-7-15-11/h2-4,7-8,12H,5-6,9H2,1H3,(H,16,17). The molecule has 2 aromatic rings. The lowest BCUT2D eigenvalue weighted by molar-refractivity contribution is 0.0727. The average molecular weight is 256 g/mol. The van der Waals surface area contributed by atoms with Crippen LogP contribution in [-0.2, 0) is 6.54 Å². The minimum Gasteiger partial charge on any atom is -0.330 e. The van der Waals surface area contributed by atoms with Gasteiger partial charge in [-0.2, -0.15) is 5.10 Å². The third-order valence-electron chi connectivity index (χ3n) is 3.37. The Hall–Kier alpha value is -2.17. The van der Waals surface area contributed by atoms with Crippen molar-refractivity contribution in [3.8, 4) is 0 Å². The van der Waals surface area contributed by atoms with Crippen molar-refractivity contribution < 1.29 is 4.79 Å². The molecule has 19 heavy (non-hydrogen) atoms. The second-order valence-electron chi connectivity index (χ2n) is 4.89. The first-order valence-electron chi connectivity index (χ1n) is 6.46. The maximum atomic E-state index is 12.6. The summed E-state index contributed by atoms with van der Waals surface area (Å²) in [4.78, 5) is 18.8. The number of carbonyl (C=O) groups is 1. The Kier molecular flexibility index (Phi) is 3.03. The fourth-order valence-corrected chi connectivity index (χ4v) is 2.14. The van der Waals surface area contributed by atoms with Gasteiger partial charge in [0.1, 0.15) is 0 Å². The van der Waals surface area contributed by atoms with Gasteiger partial charge in [0.05, 0.1) is 24.0 Å². The molecule has 3 rings (SSSR count). The van der Waals surface area contributed by atoms with E-state index in [2.05, 4.69) is 15.2 Å². The molecule has 1 amide bonds. The van der Waals surface area contributed by atoms with E-state index in [1.165, 1.54) is 0 Å². The normalized spacial score (nSPS) is 14.4. The third-order valence-corrected chi connectivity index (χ3v) is 3.37. The van der Waals surface area contributed by atoms with Gasteiger partial charge in [0.2, 0.25) is 0 Å². The van der Waals surface area contributed by atoms with Crippen molar-refractivity contribution in [3.63, 3.8) is 0 Å². The molecule has 0 aromatic carbocycles. The van der Waals surface area contributed by atoms with Crippen LogP contribution in [0, 0.1) is 6.92 Å². The van der Waals surface area contributed by atoms with Crippen LogP contribution < -0.4 is 0 Å². The molecule has 0 saturated heterocycles. The monoisotopic (exact) mass is 256 g/mol. The van der Waals surface area contributed by atoms with Crippen LogP contribution in [-0.4, -0.2) is 32.0 Å². The quantitative estimate of drug-likeness (QED) is 0.909. The summed E-state index contributed by atoms with van der Waals surface area (Å²) in [5.74, 6) is 0.0411. The van der Waals surface area contributed by atoms with Crippen molar-refractivity contribution in [1.29, 1.82) is 0 Å². The number of nitrogens with zero attached hydrogens (tertiary/aromatic N) is 3. The van der Waals surface area contributed by atoms with Gasteiger partial charge in [-0.05, 0) is 31.9 Å². The van der Waals surface area contributed by atoms with Crippen molar-refractivity contribution >= 4 is 5.91 Å². The number of aryl methyl sites for hydroxylation is 1. The van der Waals surface area contributed by atoms with E-state index in [4.69, 9.17) is 0 Å². The van der Waals surface area contributed by atoms with Gasteiger partial charge in [0.25, 0.3) is 5.91 Å². The Morgan fingerprint density at radius 2 is 2.32 bits per heavy atom. The summed E-state index contributed by atoms with van der Waals surface area (Å²) in [6.45, 7) is 2.43. The van der Waals surface area contributed by atoms with Gasteiger partial charge in [-0.3, -0.25) is 14.9 Å². The molecule has 1 aliphatic carbocycles. The summed E-state index contributed by atoms with van der Waals surface area (Å²) < 4.78 is 0. The topological polar surface area (TPSA) is 61.9 Å². The predicted molar refractivity (Wildman–Crippen MR) is 70.5 cm³/mol. The van der Waals surface area contributed by atoms with E-state index in [1.54, 1.807) is 12.4 Å². The molecule has 0 spiro atoms. The predicted octanol–water partition coefficient (Wildman–Crippen LogP) is 1.92. The summed E-state index contributed by atoms with van der Waals surface area (Å²) in [7, 11) is 0. The molecule has 0 radical (unpaired) electrons. The van der Waals surface area contributed by atoms with Crippen molar-refractivity contribution in [2.75, 3.05) is 0 Å². The van der Waals surface area contributed by atoms with Gasteiger partial charge in [-0.15, -0.1) is 0 Å². The van der Waals surface area contributed by atoms with Crippen molar-refractivity contribution in [3.05, 3.63) is 47.5 Å². The third kappa shape index (κ3) is 2.50. The molecule has 1 N–H and O–H groups in total. The number of rotatable bonds is 4. The molecule has 2 heterocycles. The van der Waals surface area contributed by atoms with E-state index < -0.39 is 0 Å². The number of nitrogens with one attached hydrogen (secondary N) is 1. The molecule has 5 nitrogen and oxygen atoms in total. The SMILES string of the molecule is Cc1[nH]ncc1C(=O)N(Cc1ccccn1)C1CC1. The van der Waals surface area contributed by atoms with Gasteiger partial charge in [-0.25, -0.2) is 0 Å². The number of hydrogen-bond acceptors (Lipinski definition) is 3. The molecule has 0 bridgehead atoms. The fourth-order valence-electron chi connectivity index (χ4n) is 2.14. The maximum absolute atomic E-state index is 12.6. The van der Waals surface area contributed by atoms with Crippen LogP contribution in [0.25, 0.3) is 0 Å². The van der Waals surface area contributed by atoms with E-state index in [0.717, 1.165) is 24.2 Å². The number of aromatic nitrogens is 3. The number of H-pyrrole nitrogens is 1. The zero-order valence-electron chi connectivity index (χ0n) is 10.8. The molecular formula is C14H16N4O. The summed E-state index contributed by atoms with van der Waals surface area (Å²) in [6.07, 6.45) is 5.52. The minimum absolute atomic E-state index is 0.0411. The Labute approximate surface area is 111 Å². The summed E-state index contributed by atoms with van der Waals surface area (Å²) in [5.41, 5.74) is 2.39. The van der Waals surface area contributed by atoms with Gasteiger partial charge in [0.15, 0.2) is 0 Å². The highest BCUT2D eigenvalue weighted by molar-refractivity contribution is 5.95. The van der Waals surface area contributed by atoms with Crippen LogP contribution in [0.3, 0.4) is 0 Å². The van der Waals surface area contributed by atoms with Crippen LogP contribution in [0.2, 0.25) is 0 Å². The largest absolute Gasteiger partial charge is 0.330 e. The lowest BCUT2D eigenvalue weighted by Gasteiger charge is -2.21. The van der Waals surface area contributed by atoms with E-state index in [1.807, 2.05) is 30.0 Å². The Bertz CT molecular complexity index is 574. The van der Waals surface area contributed by atoms with Crippen LogP contribution in [0.4, 0.5) is 0 Å². The van der Waals surface area contributed by atoms with E-state index in [-0.39, 0.29) is 5.91 Å². The van der Waals surface area contributed by atoms with Crippen LogP contribution >= 0.6 is 0 Å². The second kappa shape index (κ2) is 4.84. The van der Waals surface area contributed by atoms with E-state index in [9.17, 15) is 4.79 Å². The molecule has 0 aliphatic heterocycles. The highest BCUT2D eigenvalue weighted by Gasteiger charge is 2.34. The molecular weight excluding hydrogens is 240 g/mol. The summed E-state index contributed by atoms with van der Waals surface area (Å²) in [5, 5.41) is 6.74. The first-order valence-corrected chi connectivity index (χ1v) is 6.46. The first-order chi connectivity index (χ1) is 9.25. The van der Waals surface area contributed by atoms with Crippen LogP contribution in [0.15, 0.2) is 30.6 Å². The number of carbonyl (C=O) groups excluding carboxylic acids is 1. The molecule has 5 heteroatoms. The lowest BCUT2D eigenvalue weighted by atomic mass is 10.2. The highest BCUT2D eigenvalue weighted by atomic mass is 16.2. The Balaban J connectivity index is 1.82. The molecule has 1 fully saturated rings. The Morgan fingerprint density at radius 3 is 2.89 bits per heavy atom. The zero-order chi connectivity index (χ0) is 13.2.